The van der Waals surface area contributed by atoms with Crippen LogP contribution in [0.2, 0.25) is 0 Å². The zero-order valence-corrected chi connectivity index (χ0v) is 8.59. The Balaban J connectivity index is 1.76. The molecule has 0 aromatic carbocycles. The van der Waals surface area contributed by atoms with Crippen molar-refractivity contribution in [1.82, 2.24) is 0 Å². The Hall–Kier alpha value is 0.310. The molecule has 12 heavy (non-hydrogen) atoms. The summed E-state index contributed by atoms with van der Waals surface area (Å²) in [7, 11) is 0. The molecule has 2 unspecified atom stereocenters. The zero-order chi connectivity index (χ0) is 8.55. The van der Waals surface area contributed by atoms with Crippen LogP contribution in [-0.4, -0.2) is 12.0 Å². The summed E-state index contributed by atoms with van der Waals surface area (Å²) in [6.07, 6.45) is 5.84. The van der Waals surface area contributed by atoms with Crippen LogP contribution in [-0.2, 0) is 4.74 Å². The first kappa shape index (κ1) is 8.89. The van der Waals surface area contributed by atoms with Crippen LogP contribution in [0.5, 0.6) is 0 Å². The zero-order valence-electron chi connectivity index (χ0n) is 7.70. The van der Waals surface area contributed by atoms with Gasteiger partial charge in [-0.25, -0.2) is 0 Å². The van der Waals surface area contributed by atoms with Gasteiger partial charge in [-0.05, 0) is 43.9 Å². The van der Waals surface area contributed by atoms with Crippen LogP contribution < -0.4 is 0 Å². The summed E-state index contributed by atoms with van der Waals surface area (Å²) in [5.41, 5.74) is 0.115. The van der Waals surface area contributed by atoms with Gasteiger partial charge in [-0.1, -0.05) is 6.42 Å². The molecule has 2 aliphatic rings. The lowest BCUT2D eigenvalue weighted by Gasteiger charge is -2.22. The van der Waals surface area contributed by atoms with Gasteiger partial charge in [0.25, 0.3) is 0 Å². The van der Waals surface area contributed by atoms with Gasteiger partial charge in [0.05, 0.1) is 12.0 Å². The van der Waals surface area contributed by atoms with Gasteiger partial charge in [0, 0.05) is 0 Å². The van der Waals surface area contributed by atoms with Crippen molar-refractivity contribution in [3.8, 4) is 0 Å². The maximum absolute atomic E-state index is 5.54. The minimum absolute atomic E-state index is 0.115. The minimum atomic E-state index is 0.115. The average molecular weight is 186 g/mol. The Bertz CT molecular complexity index is 158. The first-order valence-electron chi connectivity index (χ1n) is 5.05. The molecule has 2 heteroatoms. The summed E-state index contributed by atoms with van der Waals surface area (Å²) >= 11 is 4.22. The molecule has 2 aliphatic carbocycles. The van der Waals surface area contributed by atoms with Crippen LogP contribution in [0.1, 0.15) is 32.6 Å². The average Bonchev–Trinajstić information content (AvgIpc) is 2.60. The fourth-order valence-electron chi connectivity index (χ4n) is 2.84. The molecule has 1 nitrogen and oxygen atoms in total. The van der Waals surface area contributed by atoms with Crippen molar-refractivity contribution >= 4 is 12.6 Å². The first-order chi connectivity index (χ1) is 5.75. The molecule has 2 rings (SSSR count). The van der Waals surface area contributed by atoms with Crippen LogP contribution >= 0.6 is 12.6 Å². The first-order valence-corrected chi connectivity index (χ1v) is 5.57. The maximum Gasteiger partial charge on any atom is 0.0971 e. The molecule has 0 aromatic rings. The van der Waals surface area contributed by atoms with E-state index in [0.29, 0.717) is 0 Å². The molecule has 2 bridgehead atoms. The second kappa shape index (κ2) is 3.59. The van der Waals surface area contributed by atoms with Gasteiger partial charge in [0.2, 0.25) is 0 Å². The molecule has 2 saturated carbocycles. The highest BCUT2D eigenvalue weighted by Gasteiger charge is 2.39. The smallest absolute Gasteiger partial charge is 0.0971 e. The minimum Gasteiger partial charge on any atom is -0.368 e. The van der Waals surface area contributed by atoms with E-state index in [1.807, 2.05) is 6.92 Å². The highest BCUT2D eigenvalue weighted by atomic mass is 32.1. The van der Waals surface area contributed by atoms with E-state index >= 15 is 0 Å². The second-order valence-electron chi connectivity index (χ2n) is 4.37. The number of rotatable bonds is 3. The molecule has 2 fully saturated rings. The van der Waals surface area contributed by atoms with Gasteiger partial charge in [-0.2, -0.15) is 0 Å². The summed E-state index contributed by atoms with van der Waals surface area (Å²) in [5.74, 6) is 2.89. The Kier molecular flexibility index (Phi) is 2.66. The molecule has 0 amide bonds. The van der Waals surface area contributed by atoms with Crippen molar-refractivity contribution in [2.75, 3.05) is 6.61 Å². The molecular formula is C10H18OS. The van der Waals surface area contributed by atoms with E-state index in [2.05, 4.69) is 12.6 Å². The van der Waals surface area contributed by atoms with E-state index < -0.39 is 0 Å². The van der Waals surface area contributed by atoms with Crippen molar-refractivity contribution in [3.05, 3.63) is 0 Å². The lowest BCUT2D eigenvalue weighted by Crippen LogP contribution is -2.18. The fourth-order valence-corrected chi connectivity index (χ4v) is 2.93. The Labute approximate surface area is 80.3 Å². The number of thiol groups is 1. The van der Waals surface area contributed by atoms with Crippen molar-refractivity contribution in [2.45, 2.75) is 38.0 Å². The number of fused-ring (bicyclic) bond motifs is 2. The molecule has 0 heterocycles. The standard InChI is InChI=1S/C10H18OS/c1-7(12)11-6-10-5-8-2-3-9(10)4-8/h7-10,12H,2-6H2,1H3/t7?,8?,9-,10-/m0/s1. The van der Waals surface area contributed by atoms with Crippen molar-refractivity contribution in [3.63, 3.8) is 0 Å². The fraction of sp³-hybridized carbons (Fsp3) is 1.00. The van der Waals surface area contributed by atoms with Crippen molar-refractivity contribution < 1.29 is 4.74 Å². The number of hydrogen-bond acceptors (Lipinski definition) is 2. The molecule has 70 valence electrons. The van der Waals surface area contributed by atoms with Crippen LogP contribution in [0.3, 0.4) is 0 Å². The van der Waals surface area contributed by atoms with Crippen LogP contribution in [0.4, 0.5) is 0 Å². The highest BCUT2D eigenvalue weighted by molar-refractivity contribution is 7.80. The summed E-state index contributed by atoms with van der Waals surface area (Å²) in [6.45, 7) is 2.95. The van der Waals surface area contributed by atoms with Crippen LogP contribution in [0.25, 0.3) is 0 Å². The topological polar surface area (TPSA) is 9.23 Å². The summed E-state index contributed by atoms with van der Waals surface area (Å²) in [5, 5.41) is 0. The molecule has 0 saturated heterocycles. The van der Waals surface area contributed by atoms with E-state index in [1.165, 1.54) is 25.7 Å². The van der Waals surface area contributed by atoms with Crippen molar-refractivity contribution in [1.29, 1.82) is 0 Å². The van der Waals surface area contributed by atoms with Gasteiger partial charge >= 0.3 is 0 Å². The number of ether oxygens (including phenoxy) is 1. The molecule has 0 aromatic heterocycles. The summed E-state index contributed by atoms with van der Waals surface area (Å²) in [4.78, 5) is 0. The molecule has 4 atom stereocenters. The van der Waals surface area contributed by atoms with Gasteiger partial charge < -0.3 is 4.74 Å². The third-order valence-corrected chi connectivity index (χ3v) is 3.59. The van der Waals surface area contributed by atoms with E-state index in [-0.39, 0.29) is 5.44 Å². The van der Waals surface area contributed by atoms with E-state index in [1.54, 1.807) is 0 Å². The van der Waals surface area contributed by atoms with E-state index in [4.69, 9.17) is 4.74 Å². The predicted octanol–water partition coefficient (Wildman–Crippen LogP) is 2.72. The lowest BCUT2D eigenvalue weighted by molar-refractivity contribution is 0.0714. The molecule has 0 N–H and O–H groups in total. The van der Waals surface area contributed by atoms with E-state index in [9.17, 15) is 0 Å². The Morgan fingerprint density at radius 3 is 2.75 bits per heavy atom. The molecule has 0 aliphatic heterocycles. The Morgan fingerprint density at radius 1 is 1.42 bits per heavy atom. The summed E-state index contributed by atoms with van der Waals surface area (Å²) in [6, 6.07) is 0. The van der Waals surface area contributed by atoms with Crippen LogP contribution in [0, 0.1) is 17.8 Å². The summed E-state index contributed by atoms with van der Waals surface area (Å²) < 4.78 is 5.54. The van der Waals surface area contributed by atoms with Crippen LogP contribution in [0.15, 0.2) is 0 Å². The number of hydrogen-bond donors (Lipinski definition) is 1. The van der Waals surface area contributed by atoms with Gasteiger partial charge in [-0.3, -0.25) is 0 Å². The van der Waals surface area contributed by atoms with Gasteiger partial charge in [-0.15, -0.1) is 12.6 Å². The maximum atomic E-state index is 5.54. The third-order valence-electron chi connectivity index (χ3n) is 3.44. The normalized spacial score (nSPS) is 42.0. The largest absolute Gasteiger partial charge is 0.368 e. The van der Waals surface area contributed by atoms with Crippen molar-refractivity contribution in [2.24, 2.45) is 17.8 Å². The predicted molar refractivity (Wildman–Crippen MR) is 53.3 cm³/mol. The molecular weight excluding hydrogens is 168 g/mol. The highest BCUT2D eigenvalue weighted by Crippen LogP contribution is 2.48. The molecule has 0 radical (unpaired) electrons. The Morgan fingerprint density at radius 2 is 2.25 bits per heavy atom. The third kappa shape index (κ3) is 1.80. The second-order valence-corrected chi connectivity index (χ2v) is 5.09. The van der Waals surface area contributed by atoms with Gasteiger partial charge in [0.1, 0.15) is 0 Å². The lowest BCUT2D eigenvalue weighted by atomic mass is 9.90. The van der Waals surface area contributed by atoms with Gasteiger partial charge in [0.15, 0.2) is 0 Å². The monoisotopic (exact) mass is 186 g/mol. The quantitative estimate of drug-likeness (QED) is 0.526. The SMILES string of the molecule is CC(S)OC[C@@H]1CC2CC[C@H]1C2. The van der Waals surface area contributed by atoms with E-state index in [0.717, 1.165) is 24.4 Å². The molecule has 0 spiro atoms.